The van der Waals surface area contributed by atoms with Gasteiger partial charge in [0.2, 0.25) is 11.8 Å². The second kappa shape index (κ2) is 11.1. The molecule has 4 atom stereocenters. The Hall–Kier alpha value is -2.44. The number of imide groups is 1. The summed E-state index contributed by atoms with van der Waals surface area (Å²) >= 11 is 0. The van der Waals surface area contributed by atoms with Gasteiger partial charge in [0, 0.05) is 12.0 Å². The smallest absolute Gasteiger partial charge is 0.234 e. The molecule has 4 rings (SSSR count). The molecule has 2 fully saturated rings. The zero-order valence-corrected chi connectivity index (χ0v) is 20.9. The number of likely N-dealkylation sites (tertiary alicyclic amines) is 1. The predicted molar refractivity (Wildman–Crippen MR) is 135 cm³/mol. The van der Waals surface area contributed by atoms with Crippen LogP contribution >= 0.6 is 0 Å². The maximum Gasteiger partial charge on any atom is 0.234 e. The Bertz CT molecular complexity index is 1010. The molecular weight excluding hydrogens is 442 g/mol. The highest BCUT2D eigenvalue weighted by Gasteiger charge is 2.56. The Kier molecular flexibility index (Phi) is 8.12. The summed E-state index contributed by atoms with van der Waals surface area (Å²) in [6, 6.07) is 7.02. The van der Waals surface area contributed by atoms with E-state index in [2.05, 4.69) is 0 Å². The number of carbonyl (C=O) groups is 2. The second-order valence-electron chi connectivity index (χ2n) is 10.5. The van der Waals surface area contributed by atoms with Crippen LogP contribution in [0.2, 0.25) is 0 Å². The number of aliphatic hydroxyl groups excluding tert-OH is 2. The van der Waals surface area contributed by atoms with E-state index < -0.39 is 23.9 Å². The summed E-state index contributed by atoms with van der Waals surface area (Å²) in [6.45, 7) is 3.77. The number of benzene rings is 1. The van der Waals surface area contributed by atoms with E-state index in [4.69, 9.17) is 0 Å². The Morgan fingerprint density at radius 1 is 1.17 bits per heavy atom. The molecule has 1 aliphatic heterocycles. The lowest BCUT2D eigenvalue weighted by molar-refractivity contribution is -0.143. The van der Waals surface area contributed by atoms with Crippen LogP contribution in [-0.4, -0.2) is 50.8 Å². The van der Waals surface area contributed by atoms with Gasteiger partial charge in [0.15, 0.2) is 0 Å². The van der Waals surface area contributed by atoms with E-state index in [0.717, 1.165) is 54.4 Å². The number of fused-ring (bicyclic) bond motifs is 1. The third-order valence-electron chi connectivity index (χ3n) is 8.24. The van der Waals surface area contributed by atoms with E-state index in [1.807, 2.05) is 26.0 Å². The first-order chi connectivity index (χ1) is 16.8. The summed E-state index contributed by atoms with van der Waals surface area (Å²) in [4.78, 5) is 28.4. The quantitative estimate of drug-likeness (QED) is 0.373. The summed E-state index contributed by atoms with van der Waals surface area (Å²) in [6.07, 6.45) is 8.49. The molecule has 0 radical (unpaired) electrons. The van der Waals surface area contributed by atoms with Gasteiger partial charge in [0.25, 0.3) is 0 Å². The number of phenols is 1. The third kappa shape index (κ3) is 5.24. The van der Waals surface area contributed by atoms with Crippen molar-refractivity contribution >= 4 is 17.9 Å². The van der Waals surface area contributed by atoms with Crippen molar-refractivity contribution in [2.75, 3.05) is 6.61 Å². The van der Waals surface area contributed by atoms with E-state index in [9.17, 15) is 24.9 Å². The van der Waals surface area contributed by atoms with Gasteiger partial charge in [0.05, 0.1) is 24.5 Å². The van der Waals surface area contributed by atoms with Crippen molar-refractivity contribution in [3.8, 4) is 5.75 Å². The van der Waals surface area contributed by atoms with E-state index in [0.29, 0.717) is 25.7 Å². The molecule has 0 aromatic heterocycles. The van der Waals surface area contributed by atoms with Crippen LogP contribution in [0.1, 0.15) is 77.2 Å². The standard InChI is InChI=1S/C29H39NO5/c1-3-20-16-23-27(29(35)30(28(23)34)21-9-5-4-6-10-21)24(17-31)26(20)25(33)13-12-18(2)14-19-8-7-11-22(32)15-19/h7-8,11,14-15,21,23-25,27,31-33H,3-6,9-10,12-13,16-17H2,1-2H3/b18-14+/t23-,24+,25-,27-/m1/s1. The fourth-order valence-corrected chi connectivity index (χ4v) is 6.51. The van der Waals surface area contributed by atoms with Gasteiger partial charge in [-0.15, -0.1) is 0 Å². The molecular formula is C29H39NO5. The first kappa shape index (κ1) is 25.6. The number of allylic oxidation sites excluding steroid dienone is 2. The summed E-state index contributed by atoms with van der Waals surface area (Å²) in [7, 11) is 0. The molecule has 0 bridgehead atoms. The molecule has 3 aliphatic rings. The summed E-state index contributed by atoms with van der Waals surface area (Å²) < 4.78 is 0. The molecule has 35 heavy (non-hydrogen) atoms. The SMILES string of the molecule is CCC1=C([C@H](O)CC/C(C)=C/c2cccc(O)c2)[C@H](CO)[C@@H]2C(=O)N(C3CCCCC3)C(=O)[C@@H]2C1. The normalized spacial score (nSPS) is 26.9. The van der Waals surface area contributed by atoms with E-state index in [1.54, 1.807) is 18.2 Å². The first-order valence-corrected chi connectivity index (χ1v) is 13.2. The zero-order chi connectivity index (χ0) is 25.1. The van der Waals surface area contributed by atoms with Crippen molar-refractivity contribution in [1.29, 1.82) is 0 Å². The van der Waals surface area contributed by atoms with Crippen LogP contribution in [0.25, 0.3) is 6.08 Å². The summed E-state index contributed by atoms with van der Waals surface area (Å²) in [5.41, 5.74) is 3.75. The van der Waals surface area contributed by atoms with Crippen molar-refractivity contribution in [2.45, 2.75) is 83.8 Å². The monoisotopic (exact) mass is 481 g/mol. The average molecular weight is 482 g/mol. The molecule has 1 aromatic carbocycles. The zero-order valence-electron chi connectivity index (χ0n) is 20.9. The highest BCUT2D eigenvalue weighted by atomic mass is 16.3. The highest BCUT2D eigenvalue weighted by Crippen LogP contribution is 2.48. The topological polar surface area (TPSA) is 98.1 Å². The summed E-state index contributed by atoms with van der Waals surface area (Å²) in [5, 5.41) is 31.4. The van der Waals surface area contributed by atoms with Gasteiger partial charge in [0.1, 0.15) is 5.75 Å². The molecule has 6 heteroatoms. The lowest BCUT2D eigenvalue weighted by Gasteiger charge is -2.36. The number of nitrogens with zero attached hydrogens (tertiary/aromatic N) is 1. The van der Waals surface area contributed by atoms with Crippen molar-refractivity contribution < 1.29 is 24.9 Å². The molecule has 6 nitrogen and oxygen atoms in total. The predicted octanol–water partition coefficient (Wildman–Crippen LogP) is 4.59. The lowest BCUT2D eigenvalue weighted by Crippen LogP contribution is -2.42. The van der Waals surface area contributed by atoms with Gasteiger partial charge in [-0.2, -0.15) is 0 Å². The van der Waals surface area contributed by atoms with Gasteiger partial charge in [-0.3, -0.25) is 14.5 Å². The number of rotatable bonds is 8. The van der Waals surface area contributed by atoms with E-state index >= 15 is 0 Å². The lowest BCUT2D eigenvalue weighted by atomic mass is 9.67. The molecule has 2 aliphatic carbocycles. The second-order valence-corrected chi connectivity index (χ2v) is 10.5. The van der Waals surface area contributed by atoms with Crippen molar-refractivity contribution in [2.24, 2.45) is 17.8 Å². The number of carbonyl (C=O) groups excluding carboxylic acids is 2. The Balaban J connectivity index is 1.52. The number of hydrogen-bond donors (Lipinski definition) is 3. The largest absolute Gasteiger partial charge is 0.508 e. The van der Waals surface area contributed by atoms with Crippen LogP contribution in [0.4, 0.5) is 0 Å². The van der Waals surface area contributed by atoms with Gasteiger partial charge in [-0.25, -0.2) is 0 Å². The minimum Gasteiger partial charge on any atom is -0.508 e. The van der Waals surface area contributed by atoms with Crippen molar-refractivity contribution in [3.63, 3.8) is 0 Å². The molecule has 1 aromatic rings. The first-order valence-electron chi connectivity index (χ1n) is 13.2. The number of aromatic hydroxyl groups is 1. The third-order valence-corrected chi connectivity index (χ3v) is 8.24. The number of hydrogen-bond acceptors (Lipinski definition) is 5. The molecule has 0 unspecified atom stereocenters. The molecule has 1 saturated heterocycles. The van der Waals surface area contributed by atoms with E-state index in [1.165, 1.54) is 4.90 Å². The van der Waals surface area contributed by atoms with Crippen LogP contribution in [0.15, 0.2) is 41.0 Å². The Labute approximate surface area is 208 Å². The van der Waals surface area contributed by atoms with E-state index in [-0.39, 0.29) is 30.2 Å². The fourth-order valence-electron chi connectivity index (χ4n) is 6.51. The molecule has 1 saturated carbocycles. The van der Waals surface area contributed by atoms with Crippen LogP contribution in [0.5, 0.6) is 5.75 Å². The van der Waals surface area contributed by atoms with Crippen LogP contribution < -0.4 is 0 Å². The Morgan fingerprint density at radius 3 is 2.57 bits per heavy atom. The fraction of sp³-hybridized carbons (Fsp3) is 0.586. The Morgan fingerprint density at radius 2 is 1.91 bits per heavy atom. The molecule has 2 amide bonds. The van der Waals surface area contributed by atoms with Gasteiger partial charge >= 0.3 is 0 Å². The van der Waals surface area contributed by atoms with Crippen molar-refractivity contribution in [1.82, 2.24) is 4.90 Å². The van der Waals surface area contributed by atoms with Gasteiger partial charge in [-0.05, 0) is 68.7 Å². The molecule has 1 heterocycles. The minimum absolute atomic E-state index is 0.0163. The van der Waals surface area contributed by atoms with Crippen LogP contribution in [0, 0.1) is 17.8 Å². The van der Waals surface area contributed by atoms with Gasteiger partial charge < -0.3 is 15.3 Å². The highest BCUT2D eigenvalue weighted by molar-refractivity contribution is 6.06. The number of aliphatic hydroxyl groups is 2. The minimum atomic E-state index is -0.776. The summed E-state index contributed by atoms with van der Waals surface area (Å²) in [5.74, 6) is -1.51. The van der Waals surface area contributed by atoms with Crippen LogP contribution in [0.3, 0.4) is 0 Å². The van der Waals surface area contributed by atoms with Crippen LogP contribution in [-0.2, 0) is 9.59 Å². The molecule has 3 N–H and O–H groups in total. The van der Waals surface area contributed by atoms with Crippen molar-refractivity contribution in [3.05, 3.63) is 46.5 Å². The average Bonchev–Trinajstić information content (AvgIpc) is 3.11. The maximum atomic E-state index is 13.5. The number of amides is 2. The maximum absolute atomic E-state index is 13.5. The molecule has 190 valence electrons. The van der Waals surface area contributed by atoms with Gasteiger partial charge in [-0.1, -0.05) is 55.5 Å². The molecule has 0 spiro atoms. The number of phenolic OH excluding ortho intramolecular Hbond substituents is 1.